The molecule has 0 spiro atoms. The van der Waals surface area contributed by atoms with Gasteiger partial charge in [0.05, 0.1) is 5.75 Å². The van der Waals surface area contributed by atoms with Crippen molar-refractivity contribution in [2.75, 3.05) is 17.6 Å². The van der Waals surface area contributed by atoms with Crippen LogP contribution >= 0.6 is 0 Å². The lowest BCUT2D eigenvalue weighted by atomic mass is 9.96. The summed E-state index contributed by atoms with van der Waals surface area (Å²) in [6.07, 6.45) is 6.38. The number of nitrogens with zero attached hydrogens (tertiary/aromatic N) is 2. The summed E-state index contributed by atoms with van der Waals surface area (Å²) in [6.45, 7) is 0.555. The Labute approximate surface area is 107 Å². The van der Waals surface area contributed by atoms with Gasteiger partial charge in [0.1, 0.15) is 12.1 Å². The van der Waals surface area contributed by atoms with Gasteiger partial charge in [-0.1, -0.05) is 0 Å². The van der Waals surface area contributed by atoms with Crippen LogP contribution in [0.4, 0.5) is 5.82 Å². The molecule has 3 N–H and O–H groups in total. The van der Waals surface area contributed by atoms with Gasteiger partial charge in [-0.3, -0.25) is 0 Å². The lowest BCUT2D eigenvalue weighted by molar-refractivity contribution is 0.595. The Kier molecular flexibility index (Phi) is 4.13. The van der Waals surface area contributed by atoms with Gasteiger partial charge in [-0.15, -0.1) is 0 Å². The summed E-state index contributed by atoms with van der Waals surface area (Å²) in [5.41, 5.74) is 2.30. The predicted octanol–water partition coefficient (Wildman–Crippen LogP) is 0.446. The fraction of sp³-hybridized carbons (Fsp3) is 0.636. The smallest absolute Gasteiger partial charge is 0.209 e. The average molecular weight is 270 g/mol. The maximum absolute atomic E-state index is 10.8. The van der Waals surface area contributed by atoms with E-state index in [2.05, 4.69) is 15.3 Å². The number of hydrogen-bond acceptors (Lipinski definition) is 5. The van der Waals surface area contributed by atoms with Gasteiger partial charge in [-0.2, -0.15) is 0 Å². The fourth-order valence-corrected chi connectivity index (χ4v) is 2.70. The van der Waals surface area contributed by atoms with Crippen LogP contribution in [0.3, 0.4) is 0 Å². The van der Waals surface area contributed by atoms with Crippen LogP contribution in [0.2, 0.25) is 0 Å². The minimum absolute atomic E-state index is 0.00667. The molecule has 0 fully saturated rings. The number of aryl methyl sites for hydroxylation is 1. The standard InChI is InChI=1S/C11H18N4O2S/c12-18(16,17)7-3-6-13-11-9-4-1-2-5-10(9)14-8-15-11/h8H,1-7H2,(H2,12,16,17)(H,13,14,15). The van der Waals surface area contributed by atoms with Gasteiger partial charge in [0.15, 0.2) is 0 Å². The first-order chi connectivity index (χ1) is 8.56. The van der Waals surface area contributed by atoms with E-state index in [1.165, 1.54) is 12.0 Å². The molecule has 0 atom stereocenters. The van der Waals surface area contributed by atoms with Crippen molar-refractivity contribution in [3.05, 3.63) is 17.6 Å². The predicted molar refractivity (Wildman–Crippen MR) is 69.8 cm³/mol. The first-order valence-electron chi connectivity index (χ1n) is 6.13. The molecule has 0 bridgehead atoms. The highest BCUT2D eigenvalue weighted by atomic mass is 32.2. The second-order valence-electron chi connectivity index (χ2n) is 4.50. The van der Waals surface area contributed by atoms with Gasteiger partial charge in [0.25, 0.3) is 0 Å². The Hall–Kier alpha value is -1.21. The number of sulfonamides is 1. The molecule has 1 aromatic heterocycles. The first kappa shape index (κ1) is 13.2. The zero-order valence-corrected chi connectivity index (χ0v) is 11.0. The second kappa shape index (κ2) is 5.62. The highest BCUT2D eigenvalue weighted by Crippen LogP contribution is 2.24. The molecule has 7 heteroatoms. The average Bonchev–Trinajstić information content (AvgIpc) is 2.33. The van der Waals surface area contributed by atoms with Gasteiger partial charge in [-0.05, 0) is 32.1 Å². The minimum Gasteiger partial charge on any atom is -0.370 e. The molecule has 0 saturated carbocycles. The van der Waals surface area contributed by atoms with E-state index in [1.807, 2.05) is 0 Å². The second-order valence-corrected chi connectivity index (χ2v) is 6.24. The molecule has 0 aliphatic heterocycles. The summed E-state index contributed by atoms with van der Waals surface area (Å²) < 4.78 is 21.6. The summed E-state index contributed by atoms with van der Waals surface area (Å²) in [5.74, 6) is 0.835. The van der Waals surface area contributed by atoms with Crippen molar-refractivity contribution < 1.29 is 8.42 Å². The van der Waals surface area contributed by atoms with E-state index in [0.29, 0.717) is 13.0 Å². The Bertz CT molecular complexity index is 516. The number of rotatable bonds is 5. The van der Waals surface area contributed by atoms with E-state index < -0.39 is 10.0 Å². The number of nitrogens with one attached hydrogen (secondary N) is 1. The van der Waals surface area contributed by atoms with Crippen LogP contribution < -0.4 is 10.5 Å². The Morgan fingerprint density at radius 3 is 2.83 bits per heavy atom. The van der Waals surface area contributed by atoms with E-state index in [9.17, 15) is 8.42 Å². The van der Waals surface area contributed by atoms with Crippen LogP contribution in [0.5, 0.6) is 0 Å². The van der Waals surface area contributed by atoms with Gasteiger partial charge >= 0.3 is 0 Å². The van der Waals surface area contributed by atoms with Gasteiger partial charge < -0.3 is 5.32 Å². The summed E-state index contributed by atoms with van der Waals surface area (Å²) in [7, 11) is -3.37. The number of primary sulfonamides is 1. The lowest BCUT2D eigenvalue weighted by Crippen LogP contribution is -2.19. The zero-order chi connectivity index (χ0) is 13.0. The van der Waals surface area contributed by atoms with Crippen LogP contribution in [0.25, 0.3) is 0 Å². The molecule has 0 radical (unpaired) electrons. The van der Waals surface area contributed by atoms with Crippen molar-refractivity contribution >= 4 is 15.8 Å². The van der Waals surface area contributed by atoms with Crippen molar-refractivity contribution in [3.63, 3.8) is 0 Å². The van der Waals surface area contributed by atoms with Crippen LogP contribution in [0.1, 0.15) is 30.5 Å². The SMILES string of the molecule is NS(=O)(=O)CCCNc1ncnc2c1CCCC2. The number of nitrogens with two attached hydrogens (primary N) is 1. The molecule has 1 aliphatic rings. The van der Waals surface area contributed by atoms with Gasteiger partial charge in [0.2, 0.25) is 10.0 Å². The summed E-state index contributed by atoms with van der Waals surface area (Å²) in [5, 5.41) is 8.12. The topological polar surface area (TPSA) is 98.0 Å². The van der Waals surface area contributed by atoms with Crippen LogP contribution in [-0.4, -0.2) is 30.7 Å². The van der Waals surface area contributed by atoms with Crippen molar-refractivity contribution in [2.45, 2.75) is 32.1 Å². The number of fused-ring (bicyclic) bond motifs is 1. The molecular formula is C11H18N4O2S. The summed E-state index contributed by atoms with van der Waals surface area (Å²) in [4.78, 5) is 8.50. The van der Waals surface area contributed by atoms with Crippen molar-refractivity contribution in [2.24, 2.45) is 5.14 Å². The molecule has 2 rings (SSSR count). The van der Waals surface area contributed by atoms with Gasteiger partial charge in [0, 0.05) is 17.8 Å². The molecule has 0 saturated heterocycles. The van der Waals surface area contributed by atoms with E-state index in [4.69, 9.17) is 5.14 Å². The first-order valence-corrected chi connectivity index (χ1v) is 7.85. The zero-order valence-electron chi connectivity index (χ0n) is 10.2. The third-order valence-electron chi connectivity index (χ3n) is 3.02. The van der Waals surface area contributed by atoms with Gasteiger partial charge in [-0.25, -0.2) is 23.5 Å². The number of hydrogen-bond donors (Lipinski definition) is 2. The summed E-state index contributed by atoms with van der Waals surface area (Å²) in [6, 6.07) is 0. The lowest BCUT2D eigenvalue weighted by Gasteiger charge is -2.17. The highest BCUT2D eigenvalue weighted by molar-refractivity contribution is 7.89. The molecule has 1 aromatic rings. The van der Waals surface area contributed by atoms with Crippen LogP contribution in [0.15, 0.2) is 6.33 Å². The molecule has 1 heterocycles. The minimum atomic E-state index is -3.37. The largest absolute Gasteiger partial charge is 0.370 e. The van der Waals surface area contributed by atoms with E-state index >= 15 is 0 Å². The molecular weight excluding hydrogens is 252 g/mol. The molecule has 0 unspecified atom stereocenters. The Morgan fingerprint density at radius 2 is 2.06 bits per heavy atom. The van der Waals surface area contributed by atoms with Crippen molar-refractivity contribution in [3.8, 4) is 0 Å². The fourth-order valence-electron chi connectivity index (χ4n) is 2.15. The summed E-state index contributed by atoms with van der Waals surface area (Å²) >= 11 is 0. The molecule has 18 heavy (non-hydrogen) atoms. The molecule has 0 amide bonds. The number of aromatic nitrogens is 2. The van der Waals surface area contributed by atoms with Crippen molar-refractivity contribution in [1.82, 2.24) is 9.97 Å². The van der Waals surface area contributed by atoms with Crippen LogP contribution in [-0.2, 0) is 22.9 Å². The Morgan fingerprint density at radius 1 is 1.28 bits per heavy atom. The normalized spacial score (nSPS) is 15.2. The maximum atomic E-state index is 10.8. The maximum Gasteiger partial charge on any atom is 0.209 e. The van der Waals surface area contributed by atoms with Crippen LogP contribution in [0, 0.1) is 0 Å². The molecule has 0 aromatic carbocycles. The Balaban J connectivity index is 1.93. The molecule has 6 nitrogen and oxygen atoms in total. The third kappa shape index (κ3) is 3.64. The number of anilines is 1. The quantitative estimate of drug-likeness (QED) is 0.757. The highest BCUT2D eigenvalue weighted by Gasteiger charge is 2.15. The van der Waals surface area contributed by atoms with E-state index in [-0.39, 0.29) is 5.75 Å². The molecule has 100 valence electrons. The molecule has 1 aliphatic carbocycles. The monoisotopic (exact) mass is 270 g/mol. The van der Waals surface area contributed by atoms with Crippen molar-refractivity contribution in [1.29, 1.82) is 0 Å². The van der Waals surface area contributed by atoms with E-state index in [0.717, 1.165) is 30.8 Å². The van der Waals surface area contributed by atoms with E-state index in [1.54, 1.807) is 6.33 Å². The third-order valence-corrected chi connectivity index (χ3v) is 3.88.